The van der Waals surface area contributed by atoms with Crippen LogP contribution in [0.3, 0.4) is 0 Å². The van der Waals surface area contributed by atoms with E-state index in [1.54, 1.807) is 6.20 Å². The number of anilines is 1. The Morgan fingerprint density at radius 2 is 1.90 bits per heavy atom. The zero-order valence-corrected chi connectivity index (χ0v) is 11.7. The summed E-state index contributed by atoms with van der Waals surface area (Å²) in [5.74, 6) is 1.56. The average molecular weight is 276 g/mol. The van der Waals surface area contributed by atoms with Gasteiger partial charge in [0.1, 0.15) is 5.75 Å². The van der Waals surface area contributed by atoms with Gasteiger partial charge in [0.15, 0.2) is 5.75 Å². The Hall–Kier alpha value is -2.55. The van der Waals surface area contributed by atoms with Crippen molar-refractivity contribution in [1.29, 1.82) is 0 Å². The Labute approximate surface area is 123 Å². The lowest BCUT2D eigenvalue weighted by molar-refractivity contribution is 0.485. The zero-order valence-electron chi connectivity index (χ0n) is 11.7. The molecule has 0 spiro atoms. The molecule has 104 valence electrons. The number of aryl methyl sites for hydroxylation is 2. The van der Waals surface area contributed by atoms with E-state index in [1.165, 1.54) is 24.0 Å². The van der Waals surface area contributed by atoms with Crippen LogP contribution in [0.4, 0.5) is 5.69 Å². The van der Waals surface area contributed by atoms with Crippen molar-refractivity contribution in [3.8, 4) is 11.5 Å². The highest BCUT2D eigenvalue weighted by Gasteiger charge is 2.12. The number of nitrogens with two attached hydrogens (primary N) is 1. The first-order chi connectivity index (χ1) is 10.3. The smallest absolute Gasteiger partial charge is 0.150 e. The van der Waals surface area contributed by atoms with Gasteiger partial charge in [-0.3, -0.25) is 4.98 Å². The number of hydrogen-bond donors (Lipinski definition) is 1. The number of ether oxygens (including phenoxy) is 1. The van der Waals surface area contributed by atoms with Crippen molar-refractivity contribution >= 4 is 16.5 Å². The van der Waals surface area contributed by atoms with Gasteiger partial charge in [0.2, 0.25) is 0 Å². The van der Waals surface area contributed by atoms with Gasteiger partial charge >= 0.3 is 0 Å². The Morgan fingerprint density at radius 3 is 2.86 bits per heavy atom. The van der Waals surface area contributed by atoms with Crippen LogP contribution in [0.15, 0.2) is 48.8 Å². The molecule has 1 aromatic heterocycles. The first kappa shape index (κ1) is 12.2. The van der Waals surface area contributed by atoms with Crippen LogP contribution in [0.2, 0.25) is 0 Å². The first-order valence-corrected chi connectivity index (χ1v) is 7.23. The van der Waals surface area contributed by atoms with E-state index in [-0.39, 0.29) is 0 Å². The third-order valence-corrected chi connectivity index (χ3v) is 4.12. The minimum Gasteiger partial charge on any atom is -0.455 e. The van der Waals surface area contributed by atoms with Crippen molar-refractivity contribution in [3.63, 3.8) is 0 Å². The normalized spacial score (nSPS) is 13.3. The van der Waals surface area contributed by atoms with E-state index >= 15 is 0 Å². The zero-order chi connectivity index (χ0) is 14.2. The van der Waals surface area contributed by atoms with Crippen LogP contribution >= 0.6 is 0 Å². The lowest BCUT2D eigenvalue weighted by Crippen LogP contribution is -1.94. The van der Waals surface area contributed by atoms with Crippen molar-refractivity contribution in [2.24, 2.45) is 0 Å². The van der Waals surface area contributed by atoms with Crippen LogP contribution in [-0.4, -0.2) is 4.98 Å². The van der Waals surface area contributed by atoms with Gasteiger partial charge in [-0.05, 0) is 60.7 Å². The number of aromatic nitrogens is 1. The summed E-state index contributed by atoms with van der Waals surface area (Å²) in [6.07, 6.45) is 7.12. The molecule has 0 saturated heterocycles. The molecule has 0 radical (unpaired) electrons. The number of pyridine rings is 1. The van der Waals surface area contributed by atoms with Gasteiger partial charge in [-0.1, -0.05) is 6.07 Å². The molecule has 3 heteroatoms. The summed E-state index contributed by atoms with van der Waals surface area (Å²) < 4.78 is 6.00. The Kier molecular flexibility index (Phi) is 2.78. The van der Waals surface area contributed by atoms with E-state index in [9.17, 15) is 0 Å². The standard InChI is InChI=1S/C18H16N2O/c19-18-16-8-9-20-11-14(16)5-7-17(18)21-15-6-4-12-2-1-3-13(12)10-15/h4-11H,1-3,19H2. The molecule has 4 rings (SSSR count). The lowest BCUT2D eigenvalue weighted by atomic mass is 10.1. The minimum absolute atomic E-state index is 0.662. The molecule has 0 atom stereocenters. The topological polar surface area (TPSA) is 48.1 Å². The number of rotatable bonds is 2. The van der Waals surface area contributed by atoms with Crippen molar-refractivity contribution in [2.45, 2.75) is 19.3 Å². The van der Waals surface area contributed by atoms with Crippen LogP contribution < -0.4 is 10.5 Å². The number of hydrogen-bond acceptors (Lipinski definition) is 3. The van der Waals surface area contributed by atoms with Crippen molar-refractivity contribution in [3.05, 3.63) is 59.9 Å². The highest BCUT2D eigenvalue weighted by Crippen LogP contribution is 2.35. The second-order valence-corrected chi connectivity index (χ2v) is 5.46. The van der Waals surface area contributed by atoms with E-state index in [0.29, 0.717) is 11.4 Å². The van der Waals surface area contributed by atoms with E-state index in [2.05, 4.69) is 17.1 Å². The molecule has 1 aliphatic carbocycles. The van der Waals surface area contributed by atoms with Crippen LogP contribution in [-0.2, 0) is 12.8 Å². The molecule has 21 heavy (non-hydrogen) atoms. The van der Waals surface area contributed by atoms with Crippen LogP contribution in [0.5, 0.6) is 11.5 Å². The largest absolute Gasteiger partial charge is 0.455 e. The maximum absolute atomic E-state index is 6.23. The number of nitrogen functional groups attached to an aromatic ring is 1. The van der Waals surface area contributed by atoms with Crippen molar-refractivity contribution in [2.75, 3.05) is 5.73 Å². The summed E-state index contributed by atoms with van der Waals surface area (Å²) in [4.78, 5) is 4.11. The predicted molar refractivity (Wildman–Crippen MR) is 84.7 cm³/mol. The molecule has 2 aromatic carbocycles. The van der Waals surface area contributed by atoms with Crippen LogP contribution in [0.1, 0.15) is 17.5 Å². The third-order valence-electron chi connectivity index (χ3n) is 4.12. The molecule has 1 heterocycles. The van der Waals surface area contributed by atoms with Crippen molar-refractivity contribution < 1.29 is 4.74 Å². The lowest BCUT2D eigenvalue weighted by Gasteiger charge is -2.11. The van der Waals surface area contributed by atoms with E-state index in [0.717, 1.165) is 22.9 Å². The molecule has 2 N–H and O–H groups in total. The molecular weight excluding hydrogens is 260 g/mol. The predicted octanol–water partition coefficient (Wildman–Crippen LogP) is 4.10. The Balaban J connectivity index is 1.72. The average Bonchev–Trinajstić information content (AvgIpc) is 2.98. The van der Waals surface area contributed by atoms with Crippen LogP contribution in [0, 0.1) is 0 Å². The Bertz CT molecular complexity index is 827. The first-order valence-electron chi connectivity index (χ1n) is 7.23. The molecule has 0 bridgehead atoms. The fraction of sp³-hybridized carbons (Fsp3) is 0.167. The highest BCUT2D eigenvalue weighted by atomic mass is 16.5. The molecule has 0 amide bonds. The molecule has 3 nitrogen and oxygen atoms in total. The SMILES string of the molecule is Nc1c(Oc2ccc3c(c2)CCC3)ccc2cnccc12. The highest BCUT2D eigenvalue weighted by molar-refractivity contribution is 5.95. The second kappa shape index (κ2) is 4.77. The quantitative estimate of drug-likeness (QED) is 0.717. The summed E-state index contributed by atoms with van der Waals surface area (Å²) in [7, 11) is 0. The van der Waals surface area contributed by atoms with Gasteiger partial charge in [-0.15, -0.1) is 0 Å². The van der Waals surface area contributed by atoms with Gasteiger partial charge in [0.25, 0.3) is 0 Å². The molecule has 3 aromatic rings. The van der Waals surface area contributed by atoms with E-state index in [4.69, 9.17) is 10.5 Å². The molecular formula is C18H16N2O. The molecule has 1 aliphatic rings. The third kappa shape index (κ3) is 2.11. The second-order valence-electron chi connectivity index (χ2n) is 5.46. The summed E-state index contributed by atoms with van der Waals surface area (Å²) in [5.41, 5.74) is 9.73. The fourth-order valence-corrected chi connectivity index (χ4v) is 3.00. The van der Waals surface area contributed by atoms with Gasteiger partial charge < -0.3 is 10.5 Å². The molecule has 0 unspecified atom stereocenters. The van der Waals surface area contributed by atoms with Gasteiger partial charge in [-0.25, -0.2) is 0 Å². The molecule has 0 aliphatic heterocycles. The van der Waals surface area contributed by atoms with E-state index < -0.39 is 0 Å². The van der Waals surface area contributed by atoms with Gasteiger partial charge in [-0.2, -0.15) is 0 Å². The number of nitrogens with zero attached hydrogens (tertiary/aromatic N) is 1. The summed E-state index contributed by atoms with van der Waals surface area (Å²) in [5, 5.41) is 2.00. The van der Waals surface area contributed by atoms with E-state index in [1.807, 2.05) is 30.5 Å². The Morgan fingerprint density at radius 1 is 1.00 bits per heavy atom. The summed E-state index contributed by atoms with van der Waals surface area (Å²) in [6, 6.07) is 12.1. The summed E-state index contributed by atoms with van der Waals surface area (Å²) in [6.45, 7) is 0. The number of benzene rings is 2. The minimum atomic E-state index is 0.662. The van der Waals surface area contributed by atoms with Crippen LogP contribution in [0.25, 0.3) is 10.8 Å². The van der Waals surface area contributed by atoms with Gasteiger partial charge in [0, 0.05) is 23.2 Å². The van der Waals surface area contributed by atoms with Crippen molar-refractivity contribution in [1.82, 2.24) is 4.98 Å². The monoisotopic (exact) mass is 276 g/mol. The maximum atomic E-state index is 6.23. The number of fused-ring (bicyclic) bond motifs is 2. The molecule has 0 fully saturated rings. The molecule has 0 saturated carbocycles. The summed E-state index contributed by atoms with van der Waals surface area (Å²) >= 11 is 0. The maximum Gasteiger partial charge on any atom is 0.150 e. The van der Waals surface area contributed by atoms with Gasteiger partial charge in [0.05, 0.1) is 5.69 Å². The fourth-order valence-electron chi connectivity index (χ4n) is 3.00.